The Balaban J connectivity index is 1.26. The van der Waals surface area contributed by atoms with E-state index in [4.69, 9.17) is 0 Å². The smallest absolute Gasteiger partial charge is 0.0922 e. The zero-order valence-electron chi connectivity index (χ0n) is 19.6. The first-order valence-electron chi connectivity index (χ1n) is 12.4. The summed E-state index contributed by atoms with van der Waals surface area (Å²) in [5.74, 6) is 0. The number of fused-ring (bicyclic) bond motifs is 1. The van der Waals surface area contributed by atoms with E-state index in [0.717, 1.165) is 31.0 Å². The van der Waals surface area contributed by atoms with Gasteiger partial charge in [0, 0.05) is 48.1 Å². The Morgan fingerprint density at radius 3 is 2.73 bits per heavy atom. The molecule has 2 N–H and O–H groups in total. The van der Waals surface area contributed by atoms with Crippen LogP contribution in [-0.4, -0.2) is 33.4 Å². The normalized spacial score (nSPS) is 16.4. The lowest BCUT2D eigenvalue weighted by atomic mass is 9.99. The van der Waals surface area contributed by atoms with Gasteiger partial charge in [-0.2, -0.15) is 0 Å². The largest absolute Gasteiger partial charge is 0.379 e. The molecule has 1 aliphatic carbocycles. The summed E-state index contributed by atoms with van der Waals surface area (Å²) in [5, 5.41) is 3.46. The van der Waals surface area contributed by atoms with Crippen molar-refractivity contribution in [2.24, 2.45) is 0 Å². The number of aryl methyl sites for hydroxylation is 1. The molecule has 5 nitrogen and oxygen atoms in total. The molecule has 0 amide bonds. The van der Waals surface area contributed by atoms with Crippen LogP contribution >= 0.6 is 11.9 Å². The lowest BCUT2D eigenvalue weighted by molar-refractivity contribution is 0.350. The van der Waals surface area contributed by atoms with Crippen molar-refractivity contribution in [2.75, 3.05) is 23.3 Å². The van der Waals surface area contributed by atoms with Crippen LogP contribution < -0.4 is 10.2 Å². The molecule has 1 aromatic heterocycles. The van der Waals surface area contributed by atoms with Crippen LogP contribution in [0.1, 0.15) is 55.8 Å². The van der Waals surface area contributed by atoms with E-state index in [-0.39, 0.29) is 0 Å². The van der Waals surface area contributed by atoms with Gasteiger partial charge in [-0.1, -0.05) is 25.0 Å². The molecule has 0 bridgehead atoms. The van der Waals surface area contributed by atoms with Gasteiger partial charge in [-0.05, 0) is 86.0 Å². The van der Waals surface area contributed by atoms with Gasteiger partial charge in [-0.25, -0.2) is 9.29 Å². The van der Waals surface area contributed by atoms with Gasteiger partial charge in [0.2, 0.25) is 0 Å². The maximum Gasteiger partial charge on any atom is 0.0922 e. The van der Waals surface area contributed by atoms with Gasteiger partial charge in [0.15, 0.2) is 0 Å². The Kier molecular flexibility index (Phi) is 7.22. The minimum Gasteiger partial charge on any atom is -0.379 e. The van der Waals surface area contributed by atoms with Crippen LogP contribution in [0.4, 0.5) is 11.4 Å². The highest BCUT2D eigenvalue weighted by molar-refractivity contribution is 7.97. The van der Waals surface area contributed by atoms with Gasteiger partial charge in [-0.3, -0.25) is 0 Å². The average Bonchev–Trinajstić information content (AvgIpc) is 3.57. The second kappa shape index (κ2) is 10.7. The van der Waals surface area contributed by atoms with E-state index in [1.54, 1.807) is 6.33 Å². The second-order valence-electron chi connectivity index (χ2n) is 9.21. The zero-order chi connectivity index (χ0) is 22.5. The molecular weight excluding hydrogens is 426 g/mol. The van der Waals surface area contributed by atoms with Crippen LogP contribution in [0.5, 0.6) is 0 Å². The molecule has 6 heteroatoms. The molecule has 3 aromatic rings. The van der Waals surface area contributed by atoms with E-state index in [0.29, 0.717) is 6.04 Å². The summed E-state index contributed by atoms with van der Waals surface area (Å²) in [4.78, 5) is 11.0. The van der Waals surface area contributed by atoms with Crippen LogP contribution in [0.2, 0.25) is 0 Å². The highest BCUT2D eigenvalue weighted by Crippen LogP contribution is 2.35. The van der Waals surface area contributed by atoms with Crippen molar-refractivity contribution in [3.8, 4) is 0 Å². The van der Waals surface area contributed by atoms with Crippen molar-refractivity contribution in [1.29, 1.82) is 0 Å². The fraction of sp³-hybridized carbons (Fsp3) is 0.444. The van der Waals surface area contributed by atoms with Crippen molar-refractivity contribution in [3.63, 3.8) is 0 Å². The maximum absolute atomic E-state index is 4.08. The van der Waals surface area contributed by atoms with Gasteiger partial charge in [0.25, 0.3) is 0 Å². The first-order chi connectivity index (χ1) is 16.3. The number of nitrogens with one attached hydrogen (secondary N) is 2. The Bertz CT molecular complexity index is 1010. The van der Waals surface area contributed by atoms with Crippen molar-refractivity contribution in [3.05, 3.63) is 71.8 Å². The number of H-pyrrole nitrogens is 1. The zero-order valence-corrected chi connectivity index (χ0v) is 20.4. The monoisotopic (exact) mass is 461 g/mol. The number of benzene rings is 2. The minimum atomic E-state index is 0.663. The molecular formula is C27H35N5S. The topological polar surface area (TPSA) is 47.2 Å². The summed E-state index contributed by atoms with van der Waals surface area (Å²) >= 11 is 1.93. The maximum atomic E-state index is 4.08. The van der Waals surface area contributed by atoms with Gasteiger partial charge < -0.3 is 15.2 Å². The number of anilines is 2. The Morgan fingerprint density at radius 2 is 1.97 bits per heavy atom. The molecule has 1 saturated carbocycles. The second-order valence-corrected chi connectivity index (χ2v) is 10.3. The van der Waals surface area contributed by atoms with Crippen LogP contribution in [0.15, 0.2) is 59.9 Å². The van der Waals surface area contributed by atoms with Crippen LogP contribution in [0, 0.1) is 0 Å². The SMILES string of the molecule is CCN1CCCc2cc(CN(Sc3ccc(NCc4cnc[nH]4)cc3)C3CCCC3)ccc21. The molecule has 2 aliphatic rings. The number of rotatable bonds is 9. The van der Waals surface area contributed by atoms with Crippen LogP contribution in [0.25, 0.3) is 0 Å². The van der Waals surface area contributed by atoms with Gasteiger partial charge >= 0.3 is 0 Å². The number of nitrogens with zero attached hydrogens (tertiary/aromatic N) is 3. The highest BCUT2D eigenvalue weighted by atomic mass is 32.2. The van der Waals surface area contributed by atoms with Gasteiger partial charge in [0.05, 0.1) is 18.6 Å². The van der Waals surface area contributed by atoms with E-state index >= 15 is 0 Å². The molecule has 174 valence electrons. The predicted octanol–water partition coefficient (Wildman–Crippen LogP) is 6.25. The first kappa shape index (κ1) is 22.4. The summed E-state index contributed by atoms with van der Waals surface area (Å²) in [6.07, 6.45) is 11.4. The van der Waals surface area contributed by atoms with Crippen molar-refractivity contribution in [1.82, 2.24) is 14.3 Å². The molecule has 2 aromatic carbocycles. The number of aromatic amines is 1. The summed E-state index contributed by atoms with van der Waals surface area (Å²) in [6, 6.07) is 16.7. The first-order valence-corrected chi connectivity index (χ1v) is 13.2. The highest BCUT2D eigenvalue weighted by Gasteiger charge is 2.24. The fourth-order valence-electron chi connectivity index (χ4n) is 5.11. The molecule has 0 spiro atoms. The van der Waals surface area contributed by atoms with E-state index in [1.165, 1.54) is 66.8 Å². The molecule has 0 radical (unpaired) electrons. The molecule has 1 fully saturated rings. The minimum absolute atomic E-state index is 0.663. The standard InChI is InChI=1S/C27H35N5S/c1-2-31-15-5-6-22-16-21(9-14-27(22)31)19-32(25-7-3-4-8-25)33-26-12-10-23(11-13-26)29-18-24-17-28-20-30-24/h9-14,16-17,20,25,29H,2-8,15,18-19H2,1H3,(H,28,30). The third-order valence-corrected chi connectivity index (χ3v) is 8.07. The molecule has 1 aliphatic heterocycles. The van der Waals surface area contributed by atoms with Crippen LogP contribution in [0.3, 0.4) is 0 Å². The van der Waals surface area contributed by atoms with Gasteiger partial charge in [-0.15, -0.1) is 0 Å². The molecule has 0 atom stereocenters. The number of hydrogen-bond donors (Lipinski definition) is 2. The fourth-order valence-corrected chi connectivity index (χ4v) is 6.21. The van der Waals surface area contributed by atoms with E-state index in [2.05, 4.69) is 73.9 Å². The molecule has 33 heavy (non-hydrogen) atoms. The van der Waals surface area contributed by atoms with E-state index in [9.17, 15) is 0 Å². The third-order valence-electron chi connectivity index (χ3n) is 6.93. The van der Waals surface area contributed by atoms with E-state index < -0.39 is 0 Å². The molecule has 0 saturated heterocycles. The number of aromatic nitrogens is 2. The average molecular weight is 462 g/mol. The predicted molar refractivity (Wildman–Crippen MR) is 139 cm³/mol. The lowest BCUT2D eigenvalue weighted by Gasteiger charge is -2.32. The number of imidazole rings is 1. The lowest BCUT2D eigenvalue weighted by Crippen LogP contribution is -2.29. The van der Waals surface area contributed by atoms with Crippen molar-refractivity contribution in [2.45, 2.75) is 69.5 Å². The van der Waals surface area contributed by atoms with Crippen molar-refractivity contribution < 1.29 is 0 Å². The molecule has 5 rings (SSSR count). The Hall–Kier alpha value is -2.44. The third kappa shape index (κ3) is 5.56. The van der Waals surface area contributed by atoms with Crippen LogP contribution in [-0.2, 0) is 19.5 Å². The Labute approximate surface area is 202 Å². The quantitative estimate of drug-likeness (QED) is 0.369. The summed E-state index contributed by atoms with van der Waals surface area (Å²) in [6.45, 7) is 6.32. The Morgan fingerprint density at radius 1 is 1.12 bits per heavy atom. The molecule has 0 unspecified atom stereocenters. The molecule has 2 heterocycles. The summed E-state index contributed by atoms with van der Waals surface area (Å²) < 4.78 is 2.64. The number of hydrogen-bond acceptors (Lipinski definition) is 5. The van der Waals surface area contributed by atoms with E-state index in [1.807, 2.05) is 18.1 Å². The van der Waals surface area contributed by atoms with Crippen molar-refractivity contribution >= 4 is 23.3 Å². The van der Waals surface area contributed by atoms with Gasteiger partial charge in [0.1, 0.15) is 0 Å². The summed E-state index contributed by atoms with van der Waals surface area (Å²) in [5.41, 5.74) is 6.66. The summed E-state index contributed by atoms with van der Waals surface area (Å²) in [7, 11) is 0.